The van der Waals surface area contributed by atoms with Gasteiger partial charge in [-0.1, -0.05) is 64.4 Å². The second kappa shape index (κ2) is 8.82. The summed E-state index contributed by atoms with van der Waals surface area (Å²) in [6.07, 6.45) is 7.85. The number of carboxylic acids is 1. The summed E-state index contributed by atoms with van der Waals surface area (Å²) in [6, 6.07) is 6.24. The summed E-state index contributed by atoms with van der Waals surface area (Å²) in [5, 5.41) is 9.73. The number of allylic oxidation sites excluding steroid dienone is 3. The van der Waals surface area contributed by atoms with Crippen molar-refractivity contribution in [1.82, 2.24) is 4.90 Å². The van der Waals surface area contributed by atoms with Gasteiger partial charge in [-0.3, -0.25) is 9.59 Å². The first-order valence-electron chi connectivity index (χ1n) is 11.2. The Hall–Kier alpha value is -2.07. The van der Waals surface area contributed by atoms with Crippen molar-refractivity contribution in [1.29, 1.82) is 0 Å². The minimum atomic E-state index is -0.900. The maximum absolute atomic E-state index is 12.9. The third-order valence-corrected chi connectivity index (χ3v) is 7.04. The molecule has 0 radical (unpaired) electrons. The minimum absolute atomic E-state index is 0.0508. The summed E-state index contributed by atoms with van der Waals surface area (Å²) in [5.74, 6) is -0.737. The fourth-order valence-corrected chi connectivity index (χ4v) is 5.33. The van der Waals surface area contributed by atoms with Crippen LogP contribution in [0.2, 0.25) is 5.02 Å². The van der Waals surface area contributed by atoms with Crippen LogP contribution in [0, 0.1) is 11.3 Å². The van der Waals surface area contributed by atoms with E-state index in [0.29, 0.717) is 6.42 Å². The van der Waals surface area contributed by atoms with Crippen LogP contribution in [0.1, 0.15) is 77.8 Å². The van der Waals surface area contributed by atoms with Gasteiger partial charge in [-0.2, -0.15) is 0 Å². The molecule has 3 rings (SSSR count). The molecule has 0 aromatic heterocycles. The number of hydrogen-bond acceptors (Lipinski definition) is 2. The number of nitrogens with zero attached hydrogens (tertiary/aromatic N) is 1. The van der Waals surface area contributed by atoms with Crippen LogP contribution in [0.4, 0.5) is 0 Å². The van der Waals surface area contributed by atoms with Crippen LogP contribution in [0.15, 0.2) is 36.0 Å². The summed E-state index contributed by atoms with van der Waals surface area (Å²) >= 11 is 6.79. The molecule has 1 heterocycles. The quantitative estimate of drug-likeness (QED) is 0.550. The smallest absolute Gasteiger partial charge is 0.305 e. The average Bonchev–Trinajstić information content (AvgIpc) is 2.66. The molecule has 1 aromatic carbocycles. The van der Waals surface area contributed by atoms with E-state index in [1.165, 1.54) is 12.0 Å². The first-order chi connectivity index (χ1) is 14.4. The fourth-order valence-electron chi connectivity index (χ4n) is 5.03. The van der Waals surface area contributed by atoms with E-state index in [2.05, 4.69) is 52.8 Å². The lowest BCUT2D eigenvalue weighted by atomic mass is 9.68. The molecule has 1 N–H and O–H groups in total. The molecule has 4 nitrogen and oxygen atoms in total. The Balaban J connectivity index is 1.98. The number of carbonyl (C=O) groups excluding carboxylic acids is 1. The van der Waals surface area contributed by atoms with Gasteiger partial charge in [0, 0.05) is 29.6 Å². The molecule has 0 bridgehead atoms. The van der Waals surface area contributed by atoms with Crippen molar-refractivity contribution in [2.24, 2.45) is 11.3 Å². The number of rotatable bonds is 6. The van der Waals surface area contributed by atoms with Gasteiger partial charge in [0.25, 0.3) is 0 Å². The molecule has 1 atom stereocenters. The van der Waals surface area contributed by atoms with Crippen molar-refractivity contribution in [3.8, 4) is 0 Å². The van der Waals surface area contributed by atoms with E-state index in [-0.39, 0.29) is 30.2 Å². The summed E-state index contributed by atoms with van der Waals surface area (Å²) in [4.78, 5) is 25.4. The highest BCUT2D eigenvalue weighted by Crippen LogP contribution is 2.45. The van der Waals surface area contributed by atoms with E-state index < -0.39 is 11.4 Å². The molecule has 2 aliphatic rings. The second-order valence-electron chi connectivity index (χ2n) is 10.2. The maximum atomic E-state index is 12.9. The summed E-state index contributed by atoms with van der Waals surface area (Å²) in [6.45, 7) is 11.0. The molecule has 1 aliphatic carbocycles. The zero-order valence-electron chi connectivity index (χ0n) is 19.3. The van der Waals surface area contributed by atoms with Crippen molar-refractivity contribution in [3.63, 3.8) is 0 Å². The standard InChI is InChI=1S/C26H34ClNO3/c1-17(2)21-16-28(12-10-24(30)31)23(29)15-26(21,5)19-8-9-20(22(27)13-19)18-7-6-11-25(3,4)14-18/h8-9,13-14,16-17H,6-7,10-12,15H2,1-5H3,(H,30,31). The minimum Gasteiger partial charge on any atom is -0.481 e. The van der Waals surface area contributed by atoms with Gasteiger partial charge in [-0.25, -0.2) is 0 Å². The zero-order chi connectivity index (χ0) is 23.0. The summed E-state index contributed by atoms with van der Waals surface area (Å²) < 4.78 is 0. The topological polar surface area (TPSA) is 57.6 Å². The lowest BCUT2D eigenvalue weighted by molar-refractivity contribution is -0.138. The number of aliphatic carboxylic acids is 1. The molecule has 0 spiro atoms. The molecule has 1 amide bonds. The molecular weight excluding hydrogens is 410 g/mol. The Morgan fingerprint density at radius 2 is 1.97 bits per heavy atom. The number of halogens is 1. The molecule has 5 heteroatoms. The van der Waals surface area contributed by atoms with Crippen molar-refractivity contribution in [2.45, 2.75) is 72.1 Å². The second-order valence-corrected chi connectivity index (χ2v) is 10.6. The van der Waals surface area contributed by atoms with Gasteiger partial charge in [-0.05, 0) is 58.9 Å². The molecule has 168 valence electrons. The molecule has 0 saturated carbocycles. The highest BCUT2D eigenvalue weighted by molar-refractivity contribution is 6.32. The number of benzene rings is 1. The lowest BCUT2D eigenvalue weighted by Crippen LogP contribution is -2.42. The Kier molecular flexibility index (Phi) is 6.71. The molecule has 31 heavy (non-hydrogen) atoms. The highest BCUT2D eigenvalue weighted by atomic mass is 35.5. The Bertz CT molecular complexity index is 944. The van der Waals surface area contributed by atoms with Crippen molar-refractivity contribution >= 4 is 29.1 Å². The Morgan fingerprint density at radius 1 is 1.26 bits per heavy atom. The third-order valence-electron chi connectivity index (χ3n) is 6.73. The highest BCUT2D eigenvalue weighted by Gasteiger charge is 2.40. The predicted octanol–water partition coefficient (Wildman–Crippen LogP) is 6.44. The van der Waals surface area contributed by atoms with Crippen LogP contribution in [-0.4, -0.2) is 28.4 Å². The van der Waals surface area contributed by atoms with E-state index in [0.717, 1.165) is 34.6 Å². The third kappa shape index (κ3) is 5.06. The fraction of sp³-hybridized carbons (Fsp3) is 0.538. The van der Waals surface area contributed by atoms with Crippen LogP contribution in [0.3, 0.4) is 0 Å². The molecule has 1 aliphatic heterocycles. The largest absolute Gasteiger partial charge is 0.481 e. The average molecular weight is 444 g/mol. The van der Waals surface area contributed by atoms with Crippen LogP contribution < -0.4 is 0 Å². The van der Waals surface area contributed by atoms with Gasteiger partial charge in [0.15, 0.2) is 0 Å². The molecule has 0 saturated heterocycles. The summed E-state index contributed by atoms with van der Waals surface area (Å²) in [5.41, 5.74) is 4.26. The van der Waals surface area contributed by atoms with E-state index in [4.69, 9.17) is 16.7 Å². The molecular formula is C26H34ClNO3. The van der Waals surface area contributed by atoms with Crippen LogP contribution >= 0.6 is 11.6 Å². The molecule has 0 fully saturated rings. The van der Waals surface area contributed by atoms with E-state index in [9.17, 15) is 9.59 Å². The van der Waals surface area contributed by atoms with Crippen LogP contribution in [-0.2, 0) is 15.0 Å². The first-order valence-corrected chi connectivity index (χ1v) is 11.6. The lowest BCUT2D eigenvalue weighted by Gasteiger charge is -2.41. The van der Waals surface area contributed by atoms with E-state index in [1.54, 1.807) is 4.90 Å². The van der Waals surface area contributed by atoms with Crippen LogP contribution in [0.5, 0.6) is 0 Å². The van der Waals surface area contributed by atoms with E-state index in [1.807, 2.05) is 12.3 Å². The Morgan fingerprint density at radius 3 is 2.55 bits per heavy atom. The van der Waals surface area contributed by atoms with Crippen molar-refractivity contribution in [3.05, 3.63) is 52.2 Å². The molecule has 1 unspecified atom stereocenters. The van der Waals surface area contributed by atoms with Crippen molar-refractivity contribution < 1.29 is 14.7 Å². The Labute approximate surface area is 191 Å². The zero-order valence-corrected chi connectivity index (χ0v) is 20.1. The van der Waals surface area contributed by atoms with E-state index >= 15 is 0 Å². The van der Waals surface area contributed by atoms with Gasteiger partial charge < -0.3 is 10.0 Å². The molecule has 1 aromatic rings. The summed E-state index contributed by atoms with van der Waals surface area (Å²) in [7, 11) is 0. The number of carboxylic acid groups (broad SMARTS) is 1. The SMILES string of the molecule is CC(C)C1=CN(CCC(=O)O)C(=O)CC1(C)c1ccc(C2=CC(C)(C)CCC2)c(Cl)c1. The van der Waals surface area contributed by atoms with Crippen molar-refractivity contribution in [2.75, 3.05) is 6.54 Å². The van der Waals surface area contributed by atoms with Gasteiger partial charge in [-0.15, -0.1) is 0 Å². The number of carbonyl (C=O) groups is 2. The normalized spacial score (nSPS) is 23.6. The van der Waals surface area contributed by atoms with Gasteiger partial charge in [0.2, 0.25) is 5.91 Å². The first kappa shape index (κ1) is 23.6. The number of hydrogen-bond donors (Lipinski definition) is 1. The van der Waals surface area contributed by atoms with Gasteiger partial charge in [0.1, 0.15) is 0 Å². The van der Waals surface area contributed by atoms with Gasteiger partial charge in [0.05, 0.1) is 6.42 Å². The number of amides is 1. The predicted molar refractivity (Wildman–Crippen MR) is 126 cm³/mol. The maximum Gasteiger partial charge on any atom is 0.305 e. The monoisotopic (exact) mass is 443 g/mol. The van der Waals surface area contributed by atoms with Crippen LogP contribution in [0.25, 0.3) is 5.57 Å². The van der Waals surface area contributed by atoms with Gasteiger partial charge >= 0.3 is 5.97 Å².